The first-order valence-electron chi connectivity index (χ1n) is 13.0. The van der Waals surface area contributed by atoms with Crippen molar-refractivity contribution < 1.29 is 4.79 Å². The molecule has 0 unspecified atom stereocenters. The van der Waals surface area contributed by atoms with Crippen LogP contribution in [0.15, 0.2) is 85.1 Å². The lowest BCUT2D eigenvalue weighted by molar-refractivity contribution is 0.102. The van der Waals surface area contributed by atoms with Crippen LogP contribution in [0, 0.1) is 5.92 Å². The van der Waals surface area contributed by atoms with E-state index in [1.165, 1.54) is 41.8 Å². The number of hydrogen-bond donors (Lipinski definition) is 1. The van der Waals surface area contributed by atoms with Crippen molar-refractivity contribution >= 4 is 44.1 Å². The molecule has 36 heavy (non-hydrogen) atoms. The Labute approximate surface area is 216 Å². The number of carbonyl (C=O) groups excluding carboxylic acids is 1. The van der Waals surface area contributed by atoms with Gasteiger partial charge in [-0.25, -0.2) is 4.98 Å². The molecule has 4 nitrogen and oxygen atoms in total. The maximum absolute atomic E-state index is 13.0. The fourth-order valence-corrected chi connectivity index (χ4v) is 6.78. The molecule has 0 aliphatic heterocycles. The Kier molecular flexibility index (Phi) is 6.56. The van der Waals surface area contributed by atoms with Crippen molar-refractivity contribution in [3.05, 3.63) is 95.6 Å². The summed E-state index contributed by atoms with van der Waals surface area (Å²) < 4.78 is 3.58. The molecule has 0 atom stereocenters. The largest absolute Gasteiger partial charge is 0.347 e. The Bertz CT molecular complexity index is 1440. The van der Waals surface area contributed by atoms with E-state index in [0.29, 0.717) is 5.92 Å². The number of thiazole rings is 1. The first-order valence-corrected chi connectivity index (χ1v) is 13.9. The van der Waals surface area contributed by atoms with Crippen LogP contribution in [-0.4, -0.2) is 15.5 Å². The molecule has 0 spiro atoms. The summed E-state index contributed by atoms with van der Waals surface area (Å²) in [4.78, 5) is 18.0. The predicted molar refractivity (Wildman–Crippen MR) is 150 cm³/mol. The second kappa shape index (κ2) is 10.3. The van der Waals surface area contributed by atoms with Crippen LogP contribution in [0.25, 0.3) is 21.1 Å². The minimum atomic E-state index is -0.0516. The third-order valence-electron chi connectivity index (χ3n) is 7.58. The lowest BCUT2D eigenvalue weighted by Gasteiger charge is -2.27. The third-order valence-corrected chi connectivity index (χ3v) is 8.78. The number of aryl methyl sites for hydroxylation is 1. The van der Waals surface area contributed by atoms with Crippen molar-refractivity contribution in [2.45, 2.75) is 51.0 Å². The minimum absolute atomic E-state index is 0.0516. The predicted octanol–water partition coefficient (Wildman–Crippen LogP) is 8.26. The normalized spacial score (nSPS) is 18.0. The van der Waals surface area contributed by atoms with Crippen LogP contribution in [-0.2, 0) is 6.54 Å². The molecule has 5 heteroatoms. The summed E-state index contributed by atoms with van der Waals surface area (Å²) >= 11 is 1.88. The molecule has 3 aromatic carbocycles. The van der Waals surface area contributed by atoms with E-state index in [2.05, 4.69) is 52.3 Å². The van der Waals surface area contributed by atoms with Gasteiger partial charge in [0, 0.05) is 35.2 Å². The van der Waals surface area contributed by atoms with Crippen LogP contribution in [0.4, 0.5) is 5.69 Å². The Morgan fingerprint density at radius 1 is 0.917 bits per heavy atom. The van der Waals surface area contributed by atoms with E-state index in [1.807, 2.05) is 53.9 Å². The Balaban J connectivity index is 1.06. The minimum Gasteiger partial charge on any atom is -0.347 e. The van der Waals surface area contributed by atoms with Gasteiger partial charge in [0.2, 0.25) is 0 Å². The maximum Gasteiger partial charge on any atom is 0.257 e. The number of fused-ring (bicyclic) bond motifs is 2. The van der Waals surface area contributed by atoms with E-state index in [0.717, 1.165) is 46.6 Å². The molecule has 1 saturated carbocycles. The maximum atomic E-state index is 13.0. The number of nitrogens with one attached hydrogen (secondary N) is 1. The van der Waals surface area contributed by atoms with Crippen molar-refractivity contribution in [3.8, 4) is 0 Å². The summed E-state index contributed by atoms with van der Waals surface area (Å²) in [5, 5.41) is 5.39. The Morgan fingerprint density at radius 2 is 1.67 bits per heavy atom. The van der Waals surface area contributed by atoms with Gasteiger partial charge < -0.3 is 9.88 Å². The van der Waals surface area contributed by atoms with Gasteiger partial charge in [-0.1, -0.05) is 48.5 Å². The number of para-hydroxylation sites is 3. The molecule has 1 aliphatic carbocycles. The van der Waals surface area contributed by atoms with E-state index >= 15 is 0 Å². The van der Waals surface area contributed by atoms with Crippen molar-refractivity contribution in [2.75, 3.05) is 5.32 Å². The molecule has 6 rings (SSSR count). The van der Waals surface area contributed by atoms with Gasteiger partial charge >= 0.3 is 0 Å². The number of rotatable bonds is 7. The molecule has 0 saturated heterocycles. The van der Waals surface area contributed by atoms with Crippen molar-refractivity contribution in [3.63, 3.8) is 0 Å². The number of benzene rings is 3. The van der Waals surface area contributed by atoms with E-state index in [1.54, 1.807) is 0 Å². The Morgan fingerprint density at radius 3 is 2.50 bits per heavy atom. The quantitative estimate of drug-likeness (QED) is 0.248. The van der Waals surface area contributed by atoms with Gasteiger partial charge in [-0.05, 0) is 74.8 Å². The highest BCUT2D eigenvalue weighted by Gasteiger charge is 2.24. The lowest BCUT2D eigenvalue weighted by atomic mass is 9.80. The molecule has 1 fully saturated rings. The second-order valence-electron chi connectivity index (χ2n) is 9.95. The van der Waals surface area contributed by atoms with Gasteiger partial charge in [0.15, 0.2) is 0 Å². The number of nitrogens with zero attached hydrogens (tertiary/aromatic N) is 2. The summed E-state index contributed by atoms with van der Waals surface area (Å²) in [5.74, 6) is 1.36. The van der Waals surface area contributed by atoms with Crippen molar-refractivity contribution in [2.24, 2.45) is 5.92 Å². The fourth-order valence-electron chi connectivity index (χ4n) is 5.65. The van der Waals surface area contributed by atoms with Gasteiger partial charge in [-0.2, -0.15) is 0 Å². The van der Waals surface area contributed by atoms with Gasteiger partial charge in [0.25, 0.3) is 5.91 Å². The number of hydrogen-bond acceptors (Lipinski definition) is 3. The highest BCUT2D eigenvalue weighted by molar-refractivity contribution is 7.18. The third kappa shape index (κ3) is 4.80. The first kappa shape index (κ1) is 23.0. The van der Waals surface area contributed by atoms with E-state index in [-0.39, 0.29) is 5.91 Å². The lowest BCUT2D eigenvalue weighted by Crippen LogP contribution is -2.14. The summed E-state index contributed by atoms with van der Waals surface area (Å²) in [6.07, 6.45) is 9.49. The van der Waals surface area contributed by atoms with Gasteiger partial charge in [0.1, 0.15) is 0 Å². The monoisotopic (exact) mass is 493 g/mol. The zero-order valence-corrected chi connectivity index (χ0v) is 21.2. The molecule has 1 aliphatic rings. The SMILES string of the molecule is O=C(Nc1ccccc1)c1cn(CCCC2CCC(c3nc4ccccc4s3)CC2)c2ccccc12. The summed E-state index contributed by atoms with van der Waals surface area (Å²) in [6, 6.07) is 26.4. The van der Waals surface area contributed by atoms with Gasteiger partial charge in [0.05, 0.1) is 20.8 Å². The van der Waals surface area contributed by atoms with Gasteiger partial charge in [-0.3, -0.25) is 4.79 Å². The smallest absolute Gasteiger partial charge is 0.257 e. The van der Waals surface area contributed by atoms with Crippen LogP contribution in [0.3, 0.4) is 0 Å². The van der Waals surface area contributed by atoms with Crippen molar-refractivity contribution in [1.29, 1.82) is 0 Å². The zero-order valence-electron chi connectivity index (χ0n) is 20.4. The average Bonchev–Trinajstić information content (AvgIpc) is 3.52. The zero-order chi connectivity index (χ0) is 24.3. The molecule has 0 radical (unpaired) electrons. The molecule has 2 aromatic heterocycles. The second-order valence-corrected chi connectivity index (χ2v) is 11.0. The molecular formula is C31H31N3OS. The number of amides is 1. The summed E-state index contributed by atoms with van der Waals surface area (Å²) in [7, 11) is 0. The van der Waals surface area contributed by atoms with Gasteiger partial charge in [-0.15, -0.1) is 11.3 Å². The number of anilines is 1. The first-order chi connectivity index (χ1) is 17.7. The standard InChI is InChI=1S/C31H31N3OS/c35-30(32-24-10-2-1-3-11-24)26-21-34(28-14-6-4-12-25(26)28)20-8-9-22-16-18-23(19-17-22)31-33-27-13-5-7-15-29(27)36-31/h1-7,10-15,21-23H,8-9,16-20H2,(H,32,35). The molecular weight excluding hydrogens is 462 g/mol. The fraction of sp³-hybridized carbons (Fsp3) is 0.290. The van der Waals surface area contributed by atoms with Crippen LogP contribution in [0.5, 0.6) is 0 Å². The summed E-state index contributed by atoms with van der Waals surface area (Å²) in [6.45, 7) is 0.941. The van der Waals surface area contributed by atoms with Crippen LogP contribution in [0.1, 0.15) is 59.8 Å². The highest BCUT2D eigenvalue weighted by atomic mass is 32.1. The van der Waals surface area contributed by atoms with E-state index < -0.39 is 0 Å². The highest BCUT2D eigenvalue weighted by Crippen LogP contribution is 2.40. The molecule has 182 valence electrons. The van der Waals surface area contributed by atoms with Crippen LogP contribution >= 0.6 is 11.3 Å². The number of carbonyl (C=O) groups is 1. The average molecular weight is 494 g/mol. The number of aromatic nitrogens is 2. The molecule has 2 heterocycles. The molecule has 5 aromatic rings. The molecule has 1 N–H and O–H groups in total. The van der Waals surface area contributed by atoms with E-state index in [4.69, 9.17) is 4.98 Å². The topological polar surface area (TPSA) is 46.9 Å². The Hall–Kier alpha value is -3.44. The molecule has 0 bridgehead atoms. The van der Waals surface area contributed by atoms with Crippen molar-refractivity contribution in [1.82, 2.24) is 9.55 Å². The van der Waals surface area contributed by atoms with Crippen LogP contribution < -0.4 is 5.32 Å². The van der Waals surface area contributed by atoms with E-state index in [9.17, 15) is 4.79 Å². The summed E-state index contributed by atoms with van der Waals surface area (Å²) in [5.41, 5.74) is 3.84. The molecule has 1 amide bonds. The van der Waals surface area contributed by atoms with Crippen LogP contribution in [0.2, 0.25) is 0 Å².